The smallest absolute Gasteiger partial charge is 0.239 e. The Morgan fingerprint density at radius 2 is 2.47 bits per heavy atom. The van der Waals surface area contributed by atoms with E-state index in [2.05, 4.69) is 5.32 Å². The summed E-state index contributed by atoms with van der Waals surface area (Å²) >= 11 is 7.32. The molecule has 0 radical (unpaired) electrons. The number of amides is 1. The number of thiophene rings is 1. The van der Waals surface area contributed by atoms with E-state index in [1.807, 2.05) is 12.1 Å². The fourth-order valence-electron chi connectivity index (χ4n) is 1.92. The van der Waals surface area contributed by atoms with E-state index in [0.29, 0.717) is 19.5 Å². The predicted molar refractivity (Wildman–Crippen MR) is 68.2 cm³/mol. The van der Waals surface area contributed by atoms with Crippen molar-refractivity contribution in [2.75, 3.05) is 13.6 Å². The summed E-state index contributed by atoms with van der Waals surface area (Å²) in [7, 11) is 1.77. The summed E-state index contributed by atoms with van der Waals surface area (Å²) in [4.78, 5) is 14.8. The first-order valence-corrected chi connectivity index (χ1v) is 6.66. The van der Waals surface area contributed by atoms with Crippen LogP contribution in [0.15, 0.2) is 12.1 Å². The van der Waals surface area contributed by atoms with Crippen molar-refractivity contribution in [2.45, 2.75) is 25.1 Å². The van der Waals surface area contributed by atoms with Gasteiger partial charge in [-0.2, -0.15) is 0 Å². The van der Waals surface area contributed by atoms with Gasteiger partial charge >= 0.3 is 0 Å². The number of carbonyl (C=O) groups excluding carboxylic acids is 1. The van der Waals surface area contributed by atoms with Gasteiger partial charge in [-0.3, -0.25) is 4.79 Å². The lowest BCUT2D eigenvalue weighted by molar-refractivity contribution is -0.132. The molecule has 1 aromatic heterocycles. The van der Waals surface area contributed by atoms with Crippen LogP contribution in [0.2, 0.25) is 4.34 Å². The molecule has 0 saturated carbocycles. The van der Waals surface area contributed by atoms with Crippen LogP contribution in [0.4, 0.5) is 0 Å². The molecule has 0 spiro atoms. The Morgan fingerprint density at radius 1 is 1.71 bits per heavy atom. The largest absolute Gasteiger partial charge is 0.392 e. The number of hydrogen-bond donors (Lipinski definition) is 2. The van der Waals surface area contributed by atoms with Crippen LogP contribution in [0.3, 0.4) is 0 Å². The highest BCUT2D eigenvalue weighted by molar-refractivity contribution is 7.16. The number of β-amino-alcohol motifs (C(OH)–C–C–N with tert-alkyl or cyclic N) is 1. The Labute approximate surface area is 109 Å². The molecule has 17 heavy (non-hydrogen) atoms. The molecule has 1 aliphatic rings. The molecule has 2 unspecified atom stereocenters. The van der Waals surface area contributed by atoms with E-state index in [9.17, 15) is 9.90 Å². The van der Waals surface area contributed by atoms with Crippen molar-refractivity contribution in [3.63, 3.8) is 0 Å². The molecule has 4 nitrogen and oxygen atoms in total. The van der Waals surface area contributed by atoms with Gasteiger partial charge in [0.1, 0.15) is 0 Å². The molecule has 94 valence electrons. The monoisotopic (exact) mass is 274 g/mol. The number of hydrogen-bond acceptors (Lipinski definition) is 4. The van der Waals surface area contributed by atoms with E-state index in [4.69, 9.17) is 11.6 Å². The number of halogens is 1. The highest BCUT2D eigenvalue weighted by Crippen LogP contribution is 2.22. The van der Waals surface area contributed by atoms with Gasteiger partial charge in [-0.25, -0.2) is 0 Å². The molecule has 0 bridgehead atoms. The summed E-state index contributed by atoms with van der Waals surface area (Å²) in [6.45, 7) is 1.06. The molecule has 2 heterocycles. The number of rotatable bonds is 3. The molecule has 1 aliphatic heterocycles. The maximum absolute atomic E-state index is 12.0. The Kier molecular flexibility index (Phi) is 4.04. The Morgan fingerprint density at radius 3 is 3.00 bits per heavy atom. The van der Waals surface area contributed by atoms with Crippen molar-refractivity contribution < 1.29 is 9.90 Å². The standard InChI is InChI=1S/C11H15ClN2O2S/c1-14(6-8-2-3-10(12)17-8)11(16)9-4-7(15)5-13-9/h2-3,7,9,13,15H,4-6H2,1H3. The van der Waals surface area contributed by atoms with Gasteiger partial charge in [0, 0.05) is 18.5 Å². The first-order valence-electron chi connectivity index (χ1n) is 5.47. The van der Waals surface area contributed by atoms with Crippen LogP contribution in [0.1, 0.15) is 11.3 Å². The summed E-state index contributed by atoms with van der Waals surface area (Å²) in [6.07, 6.45) is 0.0856. The molecule has 1 aromatic rings. The van der Waals surface area contributed by atoms with E-state index < -0.39 is 6.10 Å². The summed E-state index contributed by atoms with van der Waals surface area (Å²) < 4.78 is 0.732. The van der Waals surface area contributed by atoms with Gasteiger partial charge in [0.2, 0.25) is 5.91 Å². The first kappa shape index (κ1) is 12.8. The summed E-state index contributed by atoms with van der Waals surface area (Å²) in [5.74, 6) is 0.0195. The number of nitrogens with zero attached hydrogens (tertiary/aromatic N) is 1. The van der Waals surface area contributed by atoms with Crippen LogP contribution in [0, 0.1) is 0 Å². The van der Waals surface area contributed by atoms with Gasteiger partial charge in [0.05, 0.1) is 23.0 Å². The van der Waals surface area contributed by atoms with Crippen LogP contribution < -0.4 is 5.32 Å². The lowest BCUT2D eigenvalue weighted by atomic mass is 10.2. The third-order valence-corrected chi connectivity index (χ3v) is 4.02. The van der Waals surface area contributed by atoms with Gasteiger partial charge in [-0.15, -0.1) is 11.3 Å². The van der Waals surface area contributed by atoms with E-state index in [1.165, 1.54) is 11.3 Å². The van der Waals surface area contributed by atoms with Crippen LogP contribution in [-0.4, -0.2) is 41.7 Å². The fraction of sp³-hybridized carbons (Fsp3) is 0.545. The third kappa shape index (κ3) is 3.19. The average Bonchev–Trinajstić information content (AvgIpc) is 2.87. The summed E-state index contributed by atoms with van der Waals surface area (Å²) in [5, 5.41) is 12.4. The first-order chi connectivity index (χ1) is 8.06. The Bertz CT molecular complexity index is 410. The second-order valence-electron chi connectivity index (χ2n) is 4.25. The molecule has 6 heteroatoms. The van der Waals surface area contributed by atoms with E-state index in [1.54, 1.807) is 11.9 Å². The maximum Gasteiger partial charge on any atom is 0.239 e. The topological polar surface area (TPSA) is 52.6 Å². The van der Waals surface area contributed by atoms with Crippen molar-refractivity contribution >= 4 is 28.8 Å². The van der Waals surface area contributed by atoms with Crippen molar-refractivity contribution in [3.05, 3.63) is 21.3 Å². The normalized spacial score (nSPS) is 23.9. The second-order valence-corrected chi connectivity index (χ2v) is 6.05. The van der Waals surface area contributed by atoms with Crippen molar-refractivity contribution in [1.29, 1.82) is 0 Å². The zero-order chi connectivity index (χ0) is 12.4. The SMILES string of the molecule is CN(Cc1ccc(Cl)s1)C(=O)C1CC(O)CN1. The van der Waals surface area contributed by atoms with Gasteiger partial charge in [0.25, 0.3) is 0 Å². The summed E-state index contributed by atoms with van der Waals surface area (Å²) in [5.41, 5.74) is 0. The van der Waals surface area contributed by atoms with Crippen LogP contribution in [0.5, 0.6) is 0 Å². The van der Waals surface area contributed by atoms with Gasteiger partial charge in [0.15, 0.2) is 0 Å². The minimum Gasteiger partial charge on any atom is -0.392 e. The average molecular weight is 275 g/mol. The van der Waals surface area contributed by atoms with Crippen LogP contribution >= 0.6 is 22.9 Å². The minimum absolute atomic E-state index is 0.0195. The van der Waals surface area contributed by atoms with Crippen molar-refractivity contribution in [1.82, 2.24) is 10.2 Å². The van der Waals surface area contributed by atoms with E-state index in [0.717, 1.165) is 9.21 Å². The highest BCUT2D eigenvalue weighted by atomic mass is 35.5. The Hall–Kier alpha value is -0.620. The lowest BCUT2D eigenvalue weighted by Gasteiger charge is -2.20. The molecule has 1 amide bonds. The molecule has 2 rings (SSSR count). The fourth-order valence-corrected chi connectivity index (χ4v) is 3.06. The molecular formula is C11H15ClN2O2S. The summed E-state index contributed by atoms with van der Waals surface area (Å²) in [6, 6.07) is 3.50. The van der Waals surface area contributed by atoms with E-state index >= 15 is 0 Å². The highest BCUT2D eigenvalue weighted by Gasteiger charge is 2.30. The zero-order valence-electron chi connectivity index (χ0n) is 9.52. The van der Waals surface area contributed by atoms with Gasteiger partial charge < -0.3 is 15.3 Å². The third-order valence-electron chi connectivity index (χ3n) is 2.80. The minimum atomic E-state index is -0.409. The molecular weight excluding hydrogens is 260 g/mol. The predicted octanol–water partition coefficient (Wildman–Crippen LogP) is 1.08. The molecule has 0 aromatic carbocycles. The second kappa shape index (κ2) is 5.35. The number of aliphatic hydroxyl groups is 1. The van der Waals surface area contributed by atoms with Crippen LogP contribution in [0.25, 0.3) is 0 Å². The zero-order valence-corrected chi connectivity index (χ0v) is 11.1. The molecule has 2 atom stereocenters. The van der Waals surface area contributed by atoms with Crippen molar-refractivity contribution in [2.24, 2.45) is 0 Å². The molecule has 1 fully saturated rings. The molecule has 2 N–H and O–H groups in total. The van der Waals surface area contributed by atoms with Crippen molar-refractivity contribution in [3.8, 4) is 0 Å². The Balaban J connectivity index is 1.91. The number of likely N-dealkylation sites (N-methyl/N-ethyl adjacent to an activating group) is 1. The maximum atomic E-state index is 12.0. The number of nitrogens with one attached hydrogen (secondary N) is 1. The van der Waals surface area contributed by atoms with Crippen LogP contribution in [-0.2, 0) is 11.3 Å². The van der Waals surface area contributed by atoms with Gasteiger partial charge in [-0.05, 0) is 18.6 Å². The quantitative estimate of drug-likeness (QED) is 0.867. The molecule has 1 saturated heterocycles. The number of carbonyl (C=O) groups is 1. The lowest BCUT2D eigenvalue weighted by Crippen LogP contribution is -2.41. The molecule has 0 aliphatic carbocycles. The number of aliphatic hydroxyl groups excluding tert-OH is 1. The van der Waals surface area contributed by atoms with Gasteiger partial charge in [-0.1, -0.05) is 11.6 Å². The van der Waals surface area contributed by atoms with E-state index in [-0.39, 0.29) is 11.9 Å².